The first-order chi connectivity index (χ1) is 9.70. The highest BCUT2D eigenvalue weighted by molar-refractivity contribution is 7.63. The van der Waals surface area contributed by atoms with E-state index in [0.717, 1.165) is 0 Å². The molecule has 0 spiro atoms. The van der Waals surface area contributed by atoms with Crippen LogP contribution in [0.1, 0.15) is 0 Å². The maximum absolute atomic E-state index is 11.5. The van der Waals surface area contributed by atoms with Gasteiger partial charge in [0.05, 0.1) is 18.9 Å². The van der Waals surface area contributed by atoms with E-state index in [-0.39, 0.29) is 0 Å². The van der Waals surface area contributed by atoms with Gasteiger partial charge in [-0.15, -0.1) is 0 Å². The Bertz CT molecular complexity index is 522. The molecular formula is C6H15O13P3. The summed E-state index contributed by atoms with van der Waals surface area (Å²) in [5, 5.41) is 19.2. The molecule has 5 atom stereocenters. The minimum atomic E-state index is -5.27. The lowest BCUT2D eigenvalue weighted by Crippen LogP contribution is -2.35. The highest BCUT2D eigenvalue weighted by atomic mass is 31.3. The molecule has 0 saturated carbocycles. The van der Waals surface area contributed by atoms with E-state index < -0.39 is 60.4 Å². The number of aliphatic hydroxyl groups is 2. The van der Waals surface area contributed by atoms with E-state index in [9.17, 15) is 28.8 Å². The van der Waals surface area contributed by atoms with E-state index in [0.29, 0.717) is 0 Å². The third-order valence-corrected chi connectivity index (χ3v) is 5.69. The summed E-state index contributed by atoms with van der Waals surface area (Å²) in [4.78, 5) is 43.2. The van der Waals surface area contributed by atoms with E-state index in [1.165, 1.54) is 0 Å². The van der Waals surface area contributed by atoms with Crippen LogP contribution in [0.5, 0.6) is 0 Å². The summed E-state index contributed by atoms with van der Waals surface area (Å²) < 4.78 is 45.2. The van der Waals surface area contributed by atoms with Gasteiger partial charge < -0.3 is 39.4 Å². The summed E-state index contributed by atoms with van der Waals surface area (Å²) in [5.41, 5.74) is 0. The largest absolute Gasteiger partial charge is 0.476 e. The molecule has 1 unspecified atom stereocenters. The zero-order valence-corrected chi connectivity index (χ0v) is 13.3. The SMILES string of the molecule is O=P(O)(O)OC[C@H]1O[C@H](CP(=O)(O)OP(=O)(O)O)[C@@H](O)[C@@H]1O. The van der Waals surface area contributed by atoms with Crippen LogP contribution < -0.4 is 0 Å². The Morgan fingerprint density at radius 3 is 1.82 bits per heavy atom. The van der Waals surface area contributed by atoms with Gasteiger partial charge in [-0.2, -0.15) is 0 Å². The summed E-state index contributed by atoms with van der Waals surface area (Å²) in [5.74, 6) is 0. The normalized spacial score (nSPS) is 32.9. The van der Waals surface area contributed by atoms with Crippen LogP contribution in [0.4, 0.5) is 0 Å². The summed E-state index contributed by atoms with van der Waals surface area (Å²) in [6.07, 6.45) is -7.52. The third kappa shape index (κ3) is 6.81. The van der Waals surface area contributed by atoms with Gasteiger partial charge >= 0.3 is 23.2 Å². The molecule has 1 rings (SSSR count). The molecule has 0 radical (unpaired) electrons. The lowest BCUT2D eigenvalue weighted by molar-refractivity contribution is -0.0170. The van der Waals surface area contributed by atoms with Crippen molar-refractivity contribution in [3.8, 4) is 0 Å². The predicted molar refractivity (Wildman–Crippen MR) is 66.5 cm³/mol. The smallest absolute Gasteiger partial charge is 0.388 e. The average Bonchev–Trinajstić information content (AvgIpc) is 2.49. The Balaban J connectivity index is 2.68. The first-order valence-corrected chi connectivity index (χ1v) is 10.3. The number of aliphatic hydroxyl groups excluding tert-OH is 2. The molecule has 7 N–H and O–H groups in total. The fraction of sp³-hybridized carbons (Fsp3) is 1.00. The Hall–Kier alpha value is 0.290. The van der Waals surface area contributed by atoms with Crippen molar-refractivity contribution in [3.05, 3.63) is 0 Å². The van der Waals surface area contributed by atoms with Crippen LogP contribution in [-0.4, -0.2) is 71.9 Å². The van der Waals surface area contributed by atoms with Crippen molar-refractivity contribution < 1.29 is 61.9 Å². The Labute approximate surface area is 123 Å². The number of hydrogen-bond acceptors (Lipinski definition) is 8. The first-order valence-electron chi connectivity index (χ1n) is 5.50. The minimum Gasteiger partial charge on any atom is -0.388 e. The van der Waals surface area contributed by atoms with Crippen molar-refractivity contribution >= 4 is 23.2 Å². The maximum Gasteiger partial charge on any atom is 0.476 e. The van der Waals surface area contributed by atoms with Gasteiger partial charge in [0.15, 0.2) is 0 Å². The summed E-state index contributed by atoms with van der Waals surface area (Å²) >= 11 is 0. The predicted octanol–water partition coefficient (Wildman–Crippen LogP) is -2.12. The average molecular weight is 388 g/mol. The van der Waals surface area contributed by atoms with Crippen molar-refractivity contribution in [3.63, 3.8) is 0 Å². The van der Waals surface area contributed by atoms with Crippen LogP contribution in [0.3, 0.4) is 0 Å². The second-order valence-corrected chi connectivity index (χ2v) is 8.89. The van der Waals surface area contributed by atoms with Crippen LogP contribution in [0.25, 0.3) is 0 Å². The number of rotatable bonds is 7. The van der Waals surface area contributed by atoms with Crippen LogP contribution in [0, 0.1) is 0 Å². The highest BCUT2D eigenvalue weighted by Crippen LogP contribution is 2.57. The summed E-state index contributed by atoms with van der Waals surface area (Å²) in [6.45, 7) is -0.825. The van der Waals surface area contributed by atoms with Gasteiger partial charge in [0.1, 0.15) is 18.3 Å². The molecule has 0 aromatic carbocycles. The van der Waals surface area contributed by atoms with E-state index in [1.807, 2.05) is 0 Å². The van der Waals surface area contributed by atoms with Gasteiger partial charge in [-0.05, 0) is 0 Å². The van der Waals surface area contributed by atoms with Crippen LogP contribution in [-0.2, 0) is 27.3 Å². The molecule has 1 fully saturated rings. The molecule has 16 heteroatoms. The van der Waals surface area contributed by atoms with Gasteiger partial charge in [-0.1, -0.05) is 0 Å². The number of ether oxygens (including phenoxy) is 1. The van der Waals surface area contributed by atoms with Crippen LogP contribution >= 0.6 is 23.2 Å². The molecule has 1 heterocycles. The van der Waals surface area contributed by atoms with E-state index in [1.54, 1.807) is 0 Å². The van der Waals surface area contributed by atoms with E-state index in [4.69, 9.17) is 24.3 Å². The van der Waals surface area contributed by atoms with Gasteiger partial charge in [0.25, 0.3) is 0 Å². The zero-order chi connectivity index (χ0) is 17.3. The second kappa shape index (κ2) is 7.04. The van der Waals surface area contributed by atoms with Gasteiger partial charge in [-0.25, -0.2) is 13.4 Å². The highest BCUT2D eigenvalue weighted by Gasteiger charge is 2.47. The fourth-order valence-electron chi connectivity index (χ4n) is 1.71. The zero-order valence-electron chi connectivity index (χ0n) is 10.6. The maximum atomic E-state index is 11.5. The third-order valence-electron chi connectivity index (χ3n) is 2.51. The lowest BCUT2D eigenvalue weighted by Gasteiger charge is -2.18. The van der Waals surface area contributed by atoms with E-state index in [2.05, 4.69) is 8.83 Å². The minimum absolute atomic E-state index is 0.825. The molecule has 22 heavy (non-hydrogen) atoms. The molecular weight excluding hydrogens is 373 g/mol. The molecule has 0 amide bonds. The molecule has 1 aliphatic rings. The molecule has 0 aromatic rings. The summed E-state index contributed by atoms with van der Waals surface area (Å²) in [6, 6.07) is 0. The van der Waals surface area contributed by atoms with Gasteiger partial charge in [0.2, 0.25) is 0 Å². The van der Waals surface area contributed by atoms with E-state index >= 15 is 0 Å². The molecule has 1 aliphatic heterocycles. The van der Waals surface area contributed by atoms with Crippen molar-refractivity contribution in [1.82, 2.24) is 0 Å². The quantitative estimate of drug-likeness (QED) is 0.232. The Kier molecular flexibility index (Phi) is 6.51. The summed E-state index contributed by atoms with van der Waals surface area (Å²) in [7, 11) is -15.0. The molecule has 132 valence electrons. The molecule has 1 saturated heterocycles. The Morgan fingerprint density at radius 2 is 1.36 bits per heavy atom. The monoisotopic (exact) mass is 388 g/mol. The second-order valence-electron chi connectivity index (χ2n) is 4.37. The lowest BCUT2D eigenvalue weighted by atomic mass is 10.1. The first kappa shape index (κ1) is 20.3. The Morgan fingerprint density at radius 1 is 0.864 bits per heavy atom. The molecule has 0 bridgehead atoms. The van der Waals surface area contributed by atoms with Crippen LogP contribution in [0.2, 0.25) is 0 Å². The fourth-order valence-corrected chi connectivity index (χ4v) is 4.41. The van der Waals surface area contributed by atoms with Crippen molar-refractivity contribution in [2.75, 3.05) is 12.8 Å². The number of phosphoric acid groups is 2. The standard InChI is InChI=1S/C6H15O13P3/c7-5-3(1-17-21(11,12)13)18-4(6(5)8)2-20(9,10)19-22(14,15)16/h3-8H,1-2H2,(H,9,10)(H2,11,12,13)(H2,14,15,16)/t3-,4-,5-,6-/m1/s1. The van der Waals surface area contributed by atoms with Gasteiger partial charge in [0, 0.05) is 0 Å². The number of phosphoric ester groups is 1. The van der Waals surface area contributed by atoms with Crippen molar-refractivity contribution in [1.29, 1.82) is 0 Å². The molecule has 0 aliphatic carbocycles. The van der Waals surface area contributed by atoms with Gasteiger partial charge in [-0.3, -0.25) is 9.09 Å². The topological polar surface area (TPSA) is 221 Å². The number of hydrogen-bond donors (Lipinski definition) is 7. The van der Waals surface area contributed by atoms with Crippen LogP contribution in [0.15, 0.2) is 0 Å². The van der Waals surface area contributed by atoms with Crippen molar-refractivity contribution in [2.45, 2.75) is 24.4 Å². The molecule has 13 nitrogen and oxygen atoms in total. The van der Waals surface area contributed by atoms with Crippen molar-refractivity contribution in [2.24, 2.45) is 0 Å². The molecule has 0 aromatic heterocycles.